The summed E-state index contributed by atoms with van der Waals surface area (Å²) in [5, 5.41) is 8.63. The highest BCUT2D eigenvalue weighted by Crippen LogP contribution is 2.18. The highest BCUT2D eigenvalue weighted by molar-refractivity contribution is 7.92. The van der Waals surface area contributed by atoms with Gasteiger partial charge in [0.15, 0.2) is 0 Å². The van der Waals surface area contributed by atoms with Gasteiger partial charge in [0.1, 0.15) is 0 Å². The summed E-state index contributed by atoms with van der Waals surface area (Å²) < 4.78 is 25.8. The predicted octanol–water partition coefficient (Wildman–Crippen LogP) is 2.54. The molecular formula is C13H18N2O2S. The number of nitrogens with zero attached hydrogens (tertiary/aromatic N) is 2. The SMILES string of the molecule is CCCCS(=O)(=O)N(CCC#N)c1ccccc1. The Morgan fingerprint density at radius 2 is 1.94 bits per heavy atom. The minimum Gasteiger partial charge on any atom is -0.269 e. The molecule has 0 fully saturated rings. The smallest absolute Gasteiger partial charge is 0.235 e. The van der Waals surface area contributed by atoms with Gasteiger partial charge in [-0.25, -0.2) is 8.42 Å². The number of unbranched alkanes of at least 4 members (excludes halogenated alkanes) is 1. The maximum Gasteiger partial charge on any atom is 0.235 e. The maximum atomic E-state index is 12.2. The molecule has 0 saturated carbocycles. The zero-order chi connectivity index (χ0) is 13.4. The average Bonchev–Trinajstić information content (AvgIpc) is 2.38. The third-order valence-electron chi connectivity index (χ3n) is 2.56. The van der Waals surface area contributed by atoms with Gasteiger partial charge < -0.3 is 0 Å². The normalized spacial score (nSPS) is 10.9. The molecule has 1 aromatic rings. The number of hydrogen-bond acceptors (Lipinski definition) is 3. The lowest BCUT2D eigenvalue weighted by Gasteiger charge is -2.23. The molecule has 1 aromatic carbocycles. The standard InChI is InChI=1S/C13H18N2O2S/c1-2-3-12-18(16,17)15(11-7-10-14)13-8-5-4-6-9-13/h4-6,8-9H,2-3,7,11-12H2,1H3. The number of sulfonamides is 1. The van der Waals surface area contributed by atoms with Crippen molar-refractivity contribution in [1.29, 1.82) is 5.26 Å². The van der Waals surface area contributed by atoms with Gasteiger partial charge in [-0.1, -0.05) is 31.5 Å². The fourth-order valence-electron chi connectivity index (χ4n) is 1.61. The van der Waals surface area contributed by atoms with Crippen molar-refractivity contribution in [2.75, 3.05) is 16.6 Å². The molecule has 0 heterocycles. The van der Waals surface area contributed by atoms with Crippen molar-refractivity contribution in [3.8, 4) is 6.07 Å². The molecule has 0 atom stereocenters. The second-order valence-electron chi connectivity index (χ2n) is 3.99. The first-order valence-corrected chi connectivity index (χ1v) is 7.65. The van der Waals surface area contributed by atoms with Crippen LogP contribution in [-0.4, -0.2) is 20.7 Å². The first-order valence-electron chi connectivity index (χ1n) is 6.04. The molecule has 0 amide bonds. The number of para-hydroxylation sites is 1. The van der Waals surface area contributed by atoms with Crippen LogP contribution in [0, 0.1) is 11.3 Å². The topological polar surface area (TPSA) is 61.2 Å². The number of benzene rings is 1. The Hall–Kier alpha value is -1.54. The lowest BCUT2D eigenvalue weighted by atomic mass is 10.3. The van der Waals surface area contributed by atoms with E-state index in [2.05, 4.69) is 0 Å². The van der Waals surface area contributed by atoms with Gasteiger partial charge in [-0.3, -0.25) is 4.31 Å². The Balaban J connectivity index is 2.95. The number of hydrogen-bond donors (Lipinski definition) is 0. The van der Waals surface area contributed by atoms with Crippen LogP contribution in [0.4, 0.5) is 5.69 Å². The van der Waals surface area contributed by atoms with Gasteiger partial charge in [-0.15, -0.1) is 0 Å². The van der Waals surface area contributed by atoms with Crippen LogP contribution in [0.3, 0.4) is 0 Å². The second-order valence-corrected chi connectivity index (χ2v) is 6.00. The number of nitriles is 1. The quantitative estimate of drug-likeness (QED) is 0.762. The third-order valence-corrected chi connectivity index (χ3v) is 4.43. The van der Waals surface area contributed by atoms with Crippen molar-refractivity contribution in [2.24, 2.45) is 0 Å². The predicted molar refractivity (Wildman–Crippen MR) is 72.7 cm³/mol. The van der Waals surface area contributed by atoms with Gasteiger partial charge in [0.2, 0.25) is 10.0 Å². The molecule has 0 N–H and O–H groups in total. The maximum absolute atomic E-state index is 12.2. The molecule has 0 aliphatic carbocycles. The van der Waals surface area contributed by atoms with Crippen molar-refractivity contribution in [1.82, 2.24) is 0 Å². The van der Waals surface area contributed by atoms with Crippen LogP contribution in [0.1, 0.15) is 26.2 Å². The number of rotatable bonds is 7. The van der Waals surface area contributed by atoms with E-state index in [1.54, 1.807) is 24.3 Å². The fraction of sp³-hybridized carbons (Fsp3) is 0.462. The van der Waals surface area contributed by atoms with Crippen molar-refractivity contribution in [3.05, 3.63) is 30.3 Å². The fourth-order valence-corrected chi connectivity index (χ4v) is 3.30. The summed E-state index contributed by atoms with van der Waals surface area (Å²) >= 11 is 0. The summed E-state index contributed by atoms with van der Waals surface area (Å²) in [4.78, 5) is 0. The lowest BCUT2D eigenvalue weighted by molar-refractivity contribution is 0.587. The minimum atomic E-state index is -3.33. The molecule has 0 aliphatic heterocycles. The first-order chi connectivity index (χ1) is 8.61. The molecule has 0 bridgehead atoms. The zero-order valence-corrected chi connectivity index (χ0v) is 11.4. The van der Waals surface area contributed by atoms with Gasteiger partial charge >= 0.3 is 0 Å². The second kappa shape index (κ2) is 7.02. The van der Waals surface area contributed by atoms with Crippen molar-refractivity contribution in [3.63, 3.8) is 0 Å². The largest absolute Gasteiger partial charge is 0.269 e. The summed E-state index contributed by atoms with van der Waals surface area (Å²) in [7, 11) is -3.33. The molecule has 0 spiro atoms. The minimum absolute atomic E-state index is 0.129. The Morgan fingerprint density at radius 1 is 1.28 bits per heavy atom. The Bertz CT molecular complexity index is 491. The van der Waals surface area contributed by atoms with Gasteiger partial charge in [0.25, 0.3) is 0 Å². The summed E-state index contributed by atoms with van der Waals surface area (Å²) in [5.41, 5.74) is 0.629. The van der Waals surface area contributed by atoms with Crippen LogP contribution in [0.15, 0.2) is 30.3 Å². The molecule has 1 rings (SSSR count). The van der Waals surface area contributed by atoms with E-state index >= 15 is 0 Å². The van der Waals surface area contributed by atoms with E-state index in [0.717, 1.165) is 6.42 Å². The lowest BCUT2D eigenvalue weighted by Crippen LogP contribution is -2.33. The average molecular weight is 266 g/mol. The Labute approximate surface area is 109 Å². The third kappa shape index (κ3) is 4.04. The monoisotopic (exact) mass is 266 g/mol. The highest BCUT2D eigenvalue weighted by atomic mass is 32.2. The van der Waals surface area contributed by atoms with E-state index < -0.39 is 10.0 Å². The molecular weight excluding hydrogens is 248 g/mol. The molecule has 18 heavy (non-hydrogen) atoms. The summed E-state index contributed by atoms with van der Waals surface area (Å²) in [5.74, 6) is 0.129. The van der Waals surface area contributed by atoms with Gasteiger partial charge in [0.05, 0.1) is 23.9 Å². The molecule has 0 radical (unpaired) electrons. The molecule has 0 aromatic heterocycles. The Morgan fingerprint density at radius 3 is 2.50 bits per heavy atom. The molecule has 0 unspecified atom stereocenters. The molecule has 0 saturated heterocycles. The van der Waals surface area contributed by atoms with Crippen molar-refractivity contribution in [2.45, 2.75) is 26.2 Å². The highest BCUT2D eigenvalue weighted by Gasteiger charge is 2.21. The van der Waals surface area contributed by atoms with Crippen molar-refractivity contribution >= 4 is 15.7 Å². The van der Waals surface area contributed by atoms with E-state index in [1.807, 2.05) is 19.1 Å². The van der Waals surface area contributed by atoms with E-state index in [9.17, 15) is 8.42 Å². The first kappa shape index (κ1) is 14.5. The summed E-state index contributed by atoms with van der Waals surface area (Å²) in [6.45, 7) is 2.17. The van der Waals surface area contributed by atoms with Crippen LogP contribution in [-0.2, 0) is 10.0 Å². The molecule has 98 valence electrons. The molecule has 4 nitrogen and oxygen atoms in total. The molecule has 0 aliphatic rings. The van der Waals surface area contributed by atoms with Crippen molar-refractivity contribution < 1.29 is 8.42 Å². The summed E-state index contributed by atoms with van der Waals surface area (Å²) in [6, 6.07) is 10.9. The number of anilines is 1. The van der Waals surface area contributed by atoms with E-state index in [4.69, 9.17) is 5.26 Å². The van der Waals surface area contributed by atoms with E-state index in [-0.39, 0.29) is 18.7 Å². The van der Waals surface area contributed by atoms with Crippen LogP contribution in [0.2, 0.25) is 0 Å². The van der Waals surface area contributed by atoms with Crippen LogP contribution in [0.25, 0.3) is 0 Å². The summed E-state index contributed by atoms with van der Waals surface area (Å²) in [6.07, 6.45) is 1.67. The van der Waals surface area contributed by atoms with Gasteiger partial charge in [0, 0.05) is 6.54 Å². The molecule has 5 heteroatoms. The van der Waals surface area contributed by atoms with Crippen LogP contribution >= 0.6 is 0 Å². The van der Waals surface area contributed by atoms with Gasteiger partial charge in [-0.2, -0.15) is 5.26 Å². The zero-order valence-electron chi connectivity index (χ0n) is 10.5. The Kier molecular flexibility index (Phi) is 5.66. The van der Waals surface area contributed by atoms with Gasteiger partial charge in [-0.05, 0) is 18.6 Å². The van der Waals surface area contributed by atoms with Crippen LogP contribution < -0.4 is 4.31 Å². The van der Waals surface area contributed by atoms with Crippen LogP contribution in [0.5, 0.6) is 0 Å². The van der Waals surface area contributed by atoms with E-state index in [1.165, 1.54) is 4.31 Å². The van der Waals surface area contributed by atoms with E-state index in [0.29, 0.717) is 12.1 Å².